The van der Waals surface area contributed by atoms with Crippen LogP contribution in [0.25, 0.3) is 0 Å². The van der Waals surface area contributed by atoms with Crippen molar-refractivity contribution in [2.75, 3.05) is 19.5 Å². The minimum Gasteiger partial charge on any atom is -0.493 e. The Morgan fingerprint density at radius 1 is 1.24 bits per heavy atom. The highest BCUT2D eigenvalue weighted by Gasteiger charge is 2.44. The zero-order valence-corrected chi connectivity index (χ0v) is 13.1. The van der Waals surface area contributed by atoms with Gasteiger partial charge >= 0.3 is 0 Å². The first-order valence-corrected chi connectivity index (χ1v) is 7.85. The average Bonchev–Trinajstić information content (AvgIpc) is 2.96. The molecular weight excluding hydrogens is 262 g/mol. The van der Waals surface area contributed by atoms with Crippen LogP contribution in [-0.4, -0.2) is 20.3 Å². The van der Waals surface area contributed by atoms with Gasteiger partial charge in [0, 0.05) is 17.8 Å². The fraction of sp³-hybridized carbons (Fsp3) is 0.556. The normalized spacial score (nSPS) is 22.5. The van der Waals surface area contributed by atoms with Crippen LogP contribution >= 0.6 is 0 Å². The molecule has 1 aromatic carbocycles. The van der Waals surface area contributed by atoms with E-state index in [0.29, 0.717) is 11.5 Å². The van der Waals surface area contributed by atoms with Gasteiger partial charge in [-0.05, 0) is 42.7 Å². The first kappa shape index (κ1) is 14.3. The van der Waals surface area contributed by atoms with Crippen LogP contribution in [0.5, 0.6) is 11.5 Å². The number of fused-ring (bicyclic) bond motifs is 1. The van der Waals surface area contributed by atoms with Crippen molar-refractivity contribution in [3.05, 3.63) is 30.4 Å². The molecule has 0 saturated heterocycles. The molecule has 1 heterocycles. The minimum atomic E-state index is 0.390. The Morgan fingerprint density at radius 2 is 1.90 bits per heavy atom. The van der Waals surface area contributed by atoms with Crippen molar-refractivity contribution in [3.63, 3.8) is 0 Å². The first-order valence-electron chi connectivity index (χ1n) is 7.85. The van der Waals surface area contributed by atoms with E-state index < -0.39 is 0 Å². The van der Waals surface area contributed by atoms with E-state index in [0.717, 1.165) is 24.3 Å². The van der Waals surface area contributed by atoms with Gasteiger partial charge in [-0.3, -0.25) is 0 Å². The summed E-state index contributed by atoms with van der Waals surface area (Å²) in [4.78, 5) is 0. The molecule has 114 valence electrons. The predicted molar refractivity (Wildman–Crippen MR) is 86.4 cm³/mol. The Bertz CT molecular complexity index is 532. The molecule has 0 bridgehead atoms. The minimum absolute atomic E-state index is 0.390. The molecule has 3 heteroatoms. The molecule has 0 radical (unpaired) electrons. The average molecular weight is 287 g/mol. The van der Waals surface area contributed by atoms with Crippen LogP contribution in [0.15, 0.2) is 24.8 Å². The third-order valence-electron chi connectivity index (χ3n) is 5.22. The summed E-state index contributed by atoms with van der Waals surface area (Å²) in [6.45, 7) is 3.94. The summed E-state index contributed by atoms with van der Waals surface area (Å²) in [6, 6.07) is 4.71. The van der Waals surface area contributed by atoms with Crippen LogP contribution in [0.2, 0.25) is 0 Å². The van der Waals surface area contributed by atoms with Crippen LogP contribution in [0.1, 0.15) is 37.7 Å². The van der Waals surface area contributed by atoms with E-state index >= 15 is 0 Å². The Labute approximate surface area is 127 Å². The molecule has 21 heavy (non-hydrogen) atoms. The fourth-order valence-corrected chi connectivity index (χ4v) is 4.12. The van der Waals surface area contributed by atoms with Gasteiger partial charge in [-0.25, -0.2) is 0 Å². The lowest BCUT2D eigenvalue weighted by Gasteiger charge is -2.43. The molecule has 2 aliphatic rings. The van der Waals surface area contributed by atoms with Gasteiger partial charge in [0.2, 0.25) is 0 Å². The van der Waals surface area contributed by atoms with Gasteiger partial charge < -0.3 is 14.8 Å². The van der Waals surface area contributed by atoms with Crippen LogP contribution in [0.4, 0.5) is 5.69 Å². The lowest BCUT2D eigenvalue weighted by molar-refractivity contribution is 0.234. The number of hydrogen-bond acceptors (Lipinski definition) is 3. The third kappa shape index (κ3) is 2.39. The van der Waals surface area contributed by atoms with Crippen molar-refractivity contribution < 1.29 is 9.47 Å². The maximum absolute atomic E-state index is 5.46. The molecule has 0 aromatic heterocycles. The lowest BCUT2D eigenvalue weighted by atomic mass is 9.70. The van der Waals surface area contributed by atoms with Gasteiger partial charge in [0.15, 0.2) is 11.5 Å². The third-order valence-corrected chi connectivity index (χ3v) is 5.22. The Morgan fingerprint density at radius 3 is 2.52 bits per heavy atom. The van der Waals surface area contributed by atoms with E-state index in [1.54, 1.807) is 14.2 Å². The van der Waals surface area contributed by atoms with Crippen molar-refractivity contribution in [2.45, 2.75) is 44.6 Å². The Hall–Kier alpha value is -1.64. The highest BCUT2D eigenvalue weighted by atomic mass is 16.5. The van der Waals surface area contributed by atoms with Gasteiger partial charge in [-0.15, -0.1) is 6.58 Å². The zero-order valence-electron chi connectivity index (χ0n) is 13.1. The van der Waals surface area contributed by atoms with Crippen molar-refractivity contribution in [1.82, 2.24) is 0 Å². The first-order chi connectivity index (χ1) is 10.2. The summed E-state index contributed by atoms with van der Waals surface area (Å²) in [6.07, 6.45) is 9.51. The number of ether oxygens (including phenoxy) is 2. The predicted octanol–water partition coefficient (Wildman–Crippen LogP) is 4.18. The monoisotopic (exact) mass is 287 g/mol. The molecule has 1 N–H and O–H groups in total. The van der Waals surface area contributed by atoms with E-state index in [1.807, 2.05) is 6.08 Å². The Kier molecular flexibility index (Phi) is 3.83. The molecule has 0 unspecified atom stereocenters. The van der Waals surface area contributed by atoms with Gasteiger partial charge in [0.25, 0.3) is 0 Å². The largest absolute Gasteiger partial charge is 0.493 e. The highest BCUT2D eigenvalue weighted by Crippen LogP contribution is 2.51. The number of hydrogen-bond donors (Lipinski definition) is 1. The maximum atomic E-state index is 5.46. The molecular formula is C18H25NO2. The van der Waals surface area contributed by atoms with Crippen LogP contribution in [0, 0.1) is 5.41 Å². The Balaban J connectivity index is 2.00. The number of rotatable bonds is 4. The highest BCUT2D eigenvalue weighted by molar-refractivity contribution is 5.63. The van der Waals surface area contributed by atoms with Crippen molar-refractivity contribution in [2.24, 2.45) is 5.41 Å². The number of anilines is 1. The summed E-state index contributed by atoms with van der Waals surface area (Å²) in [5.41, 5.74) is 2.94. The van der Waals surface area contributed by atoms with Crippen molar-refractivity contribution in [1.29, 1.82) is 0 Å². The molecule has 1 aliphatic carbocycles. The van der Waals surface area contributed by atoms with Gasteiger partial charge in [-0.1, -0.05) is 18.9 Å². The summed E-state index contributed by atoms with van der Waals surface area (Å²) >= 11 is 0. The molecule has 0 amide bonds. The number of benzene rings is 1. The number of methoxy groups -OCH3 is 2. The smallest absolute Gasteiger partial charge is 0.162 e. The second-order valence-electron chi connectivity index (χ2n) is 6.33. The standard InChI is InChI=1S/C18H25NO2/c1-4-7-17-18(8-5-6-9-18)12-13-10-15(20-2)16(21-3)11-14(13)19-17/h4,10-11,17,19H,1,5-9,12H2,2-3H3/t17-/m1/s1. The van der Waals surface area contributed by atoms with E-state index in [4.69, 9.17) is 9.47 Å². The molecule has 1 fully saturated rings. The summed E-state index contributed by atoms with van der Waals surface area (Å²) in [7, 11) is 3.39. The van der Waals surface area contributed by atoms with E-state index in [2.05, 4.69) is 24.0 Å². The second kappa shape index (κ2) is 5.63. The molecule has 1 aromatic rings. The van der Waals surface area contributed by atoms with Crippen LogP contribution < -0.4 is 14.8 Å². The summed E-state index contributed by atoms with van der Waals surface area (Å²) < 4.78 is 10.9. The summed E-state index contributed by atoms with van der Waals surface area (Å²) in [5.74, 6) is 1.62. The second-order valence-corrected chi connectivity index (χ2v) is 6.33. The van der Waals surface area contributed by atoms with Gasteiger partial charge in [0.05, 0.1) is 14.2 Å². The van der Waals surface area contributed by atoms with Gasteiger partial charge in [-0.2, -0.15) is 0 Å². The fourth-order valence-electron chi connectivity index (χ4n) is 4.12. The molecule has 1 spiro atoms. The van der Waals surface area contributed by atoms with Gasteiger partial charge in [0.1, 0.15) is 0 Å². The number of nitrogens with one attached hydrogen (secondary N) is 1. The zero-order chi connectivity index (χ0) is 14.9. The quantitative estimate of drug-likeness (QED) is 0.843. The van der Waals surface area contributed by atoms with E-state index in [1.165, 1.54) is 36.9 Å². The molecule has 3 nitrogen and oxygen atoms in total. The maximum Gasteiger partial charge on any atom is 0.162 e. The molecule has 1 atom stereocenters. The van der Waals surface area contributed by atoms with Crippen molar-refractivity contribution in [3.8, 4) is 11.5 Å². The SMILES string of the molecule is C=CC[C@H]1Nc2cc(OC)c(OC)cc2CC12CCCC2. The van der Waals surface area contributed by atoms with Crippen molar-refractivity contribution >= 4 is 5.69 Å². The molecule has 1 aliphatic heterocycles. The van der Waals surface area contributed by atoms with E-state index in [-0.39, 0.29) is 0 Å². The summed E-state index contributed by atoms with van der Waals surface area (Å²) in [5, 5.41) is 3.75. The van der Waals surface area contributed by atoms with Crippen LogP contribution in [-0.2, 0) is 6.42 Å². The lowest BCUT2D eigenvalue weighted by Crippen LogP contribution is -2.43. The van der Waals surface area contributed by atoms with E-state index in [9.17, 15) is 0 Å². The topological polar surface area (TPSA) is 30.5 Å². The molecule has 3 rings (SSSR count). The molecule has 1 saturated carbocycles. The van der Waals surface area contributed by atoms with Crippen LogP contribution in [0.3, 0.4) is 0 Å².